The minimum Gasteiger partial charge on any atom is -0.360 e. The Morgan fingerprint density at radius 3 is 2.79 bits per heavy atom. The van der Waals surface area contributed by atoms with Crippen molar-refractivity contribution in [3.8, 4) is 0 Å². The van der Waals surface area contributed by atoms with E-state index in [-0.39, 0.29) is 5.41 Å². The summed E-state index contributed by atoms with van der Waals surface area (Å²) in [5, 5.41) is 4.14. The lowest BCUT2D eigenvalue weighted by atomic mass is 9.84. The fourth-order valence-electron chi connectivity index (χ4n) is 2.02. The molecule has 1 aromatic heterocycles. The van der Waals surface area contributed by atoms with Gasteiger partial charge in [0.15, 0.2) is 0 Å². The molecule has 3 heteroatoms. The van der Waals surface area contributed by atoms with Crippen molar-refractivity contribution in [1.82, 2.24) is 5.16 Å². The summed E-state index contributed by atoms with van der Waals surface area (Å²) in [6, 6.07) is 0. The van der Waals surface area contributed by atoms with Crippen LogP contribution in [0.2, 0.25) is 0 Å². The highest BCUT2D eigenvalue weighted by molar-refractivity contribution is 5.30. The highest BCUT2D eigenvalue weighted by Gasteiger charge is 2.30. The maximum absolute atomic E-state index is 5.74. The first-order valence-corrected chi connectivity index (χ1v) is 5.33. The zero-order valence-electron chi connectivity index (χ0n) is 8.97. The molecule has 0 aliphatic heterocycles. The van der Waals surface area contributed by atoms with Crippen molar-refractivity contribution < 1.29 is 4.52 Å². The van der Waals surface area contributed by atoms with Crippen LogP contribution in [-0.4, -0.2) is 11.7 Å². The van der Waals surface area contributed by atoms with Crippen LogP contribution in [0, 0.1) is 0 Å². The molecule has 1 aliphatic rings. The lowest BCUT2D eigenvalue weighted by Crippen LogP contribution is -2.29. The second-order valence-electron chi connectivity index (χ2n) is 4.73. The SMILES string of the molecule is CC(C)(CN)c1onc2c1CCCC2. The summed E-state index contributed by atoms with van der Waals surface area (Å²) >= 11 is 0. The molecular formula is C11H18N2O. The minimum atomic E-state index is -0.0715. The molecular weight excluding hydrogens is 176 g/mol. The van der Waals surface area contributed by atoms with Crippen LogP contribution in [0.5, 0.6) is 0 Å². The van der Waals surface area contributed by atoms with Gasteiger partial charge in [0.25, 0.3) is 0 Å². The summed E-state index contributed by atoms with van der Waals surface area (Å²) in [7, 11) is 0. The molecule has 0 unspecified atom stereocenters. The molecule has 14 heavy (non-hydrogen) atoms. The number of rotatable bonds is 2. The van der Waals surface area contributed by atoms with Gasteiger partial charge in [-0.25, -0.2) is 0 Å². The Bertz CT molecular complexity index is 328. The molecule has 0 amide bonds. The Labute approximate surface area is 84.7 Å². The van der Waals surface area contributed by atoms with Gasteiger partial charge in [-0.3, -0.25) is 0 Å². The molecule has 0 fully saturated rings. The van der Waals surface area contributed by atoms with Crippen LogP contribution in [0.4, 0.5) is 0 Å². The van der Waals surface area contributed by atoms with Crippen molar-refractivity contribution in [2.24, 2.45) is 5.73 Å². The Morgan fingerprint density at radius 2 is 2.07 bits per heavy atom. The summed E-state index contributed by atoms with van der Waals surface area (Å²) in [5.74, 6) is 1.01. The van der Waals surface area contributed by atoms with Gasteiger partial charge in [-0.1, -0.05) is 19.0 Å². The van der Waals surface area contributed by atoms with E-state index in [9.17, 15) is 0 Å². The molecule has 1 aliphatic carbocycles. The Kier molecular flexibility index (Phi) is 2.35. The molecule has 0 spiro atoms. The summed E-state index contributed by atoms with van der Waals surface area (Å²) < 4.78 is 5.44. The van der Waals surface area contributed by atoms with Crippen LogP contribution in [0.25, 0.3) is 0 Å². The predicted octanol–water partition coefficient (Wildman–Crippen LogP) is 1.79. The first-order chi connectivity index (χ1) is 6.65. The van der Waals surface area contributed by atoms with Gasteiger partial charge in [-0.15, -0.1) is 0 Å². The summed E-state index contributed by atoms with van der Waals surface area (Å²) in [6.07, 6.45) is 4.67. The quantitative estimate of drug-likeness (QED) is 0.781. The second-order valence-corrected chi connectivity index (χ2v) is 4.73. The fraction of sp³-hybridized carbons (Fsp3) is 0.727. The smallest absolute Gasteiger partial charge is 0.147 e. The van der Waals surface area contributed by atoms with E-state index in [0.29, 0.717) is 6.54 Å². The number of nitrogens with two attached hydrogens (primary N) is 1. The van der Waals surface area contributed by atoms with Gasteiger partial charge in [0, 0.05) is 17.5 Å². The standard InChI is InChI=1S/C11H18N2O/c1-11(2,7-12)10-8-5-3-4-6-9(8)13-14-10/h3-7,12H2,1-2H3. The molecule has 1 aromatic rings. The topological polar surface area (TPSA) is 52.0 Å². The van der Waals surface area contributed by atoms with Gasteiger partial charge < -0.3 is 10.3 Å². The number of aromatic nitrogens is 1. The summed E-state index contributed by atoms with van der Waals surface area (Å²) in [5.41, 5.74) is 8.16. The lowest BCUT2D eigenvalue weighted by Gasteiger charge is -2.21. The number of hydrogen-bond acceptors (Lipinski definition) is 3. The molecule has 0 saturated heterocycles. The molecule has 0 radical (unpaired) electrons. The maximum atomic E-state index is 5.74. The number of nitrogens with zero attached hydrogens (tertiary/aromatic N) is 1. The van der Waals surface area contributed by atoms with Gasteiger partial charge in [0.2, 0.25) is 0 Å². The van der Waals surface area contributed by atoms with E-state index in [1.54, 1.807) is 0 Å². The third-order valence-corrected chi connectivity index (χ3v) is 3.08. The average molecular weight is 194 g/mol. The lowest BCUT2D eigenvalue weighted by molar-refractivity contribution is 0.316. The first-order valence-electron chi connectivity index (χ1n) is 5.33. The van der Waals surface area contributed by atoms with Gasteiger partial charge in [0.1, 0.15) is 5.76 Å². The van der Waals surface area contributed by atoms with Crippen LogP contribution in [0.1, 0.15) is 43.7 Å². The Morgan fingerprint density at radius 1 is 1.36 bits per heavy atom. The zero-order valence-corrected chi connectivity index (χ0v) is 8.97. The number of hydrogen-bond donors (Lipinski definition) is 1. The Hall–Kier alpha value is -0.830. The van der Waals surface area contributed by atoms with E-state index in [0.717, 1.165) is 24.3 Å². The van der Waals surface area contributed by atoms with Crippen LogP contribution in [0.3, 0.4) is 0 Å². The minimum absolute atomic E-state index is 0.0715. The van der Waals surface area contributed by atoms with Gasteiger partial charge in [-0.05, 0) is 25.7 Å². The van der Waals surface area contributed by atoms with Crippen molar-refractivity contribution in [2.45, 2.75) is 44.9 Å². The molecule has 0 saturated carbocycles. The first kappa shape index (κ1) is 9.71. The van der Waals surface area contributed by atoms with Gasteiger partial charge in [0.05, 0.1) is 5.69 Å². The largest absolute Gasteiger partial charge is 0.360 e. The predicted molar refractivity (Wildman–Crippen MR) is 55.2 cm³/mol. The highest BCUT2D eigenvalue weighted by Crippen LogP contribution is 2.31. The fourth-order valence-corrected chi connectivity index (χ4v) is 2.02. The van der Waals surface area contributed by atoms with E-state index in [4.69, 9.17) is 10.3 Å². The number of fused-ring (bicyclic) bond motifs is 1. The molecule has 2 rings (SSSR count). The monoisotopic (exact) mass is 194 g/mol. The van der Waals surface area contributed by atoms with Crippen molar-refractivity contribution in [3.05, 3.63) is 17.0 Å². The zero-order chi connectivity index (χ0) is 10.2. The molecule has 0 atom stereocenters. The Balaban J connectivity index is 2.39. The molecule has 0 aromatic carbocycles. The van der Waals surface area contributed by atoms with E-state index in [2.05, 4.69) is 19.0 Å². The van der Waals surface area contributed by atoms with Crippen LogP contribution in [-0.2, 0) is 18.3 Å². The van der Waals surface area contributed by atoms with Crippen molar-refractivity contribution in [3.63, 3.8) is 0 Å². The van der Waals surface area contributed by atoms with E-state index in [1.807, 2.05) is 0 Å². The third-order valence-electron chi connectivity index (χ3n) is 3.08. The molecule has 1 heterocycles. The van der Waals surface area contributed by atoms with Gasteiger partial charge >= 0.3 is 0 Å². The molecule has 78 valence electrons. The third kappa shape index (κ3) is 1.46. The van der Waals surface area contributed by atoms with Crippen molar-refractivity contribution in [1.29, 1.82) is 0 Å². The second kappa shape index (κ2) is 3.39. The van der Waals surface area contributed by atoms with E-state index in [1.165, 1.54) is 18.4 Å². The average Bonchev–Trinajstić information content (AvgIpc) is 2.61. The van der Waals surface area contributed by atoms with Gasteiger partial charge in [-0.2, -0.15) is 0 Å². The summed E-state index contributed by atoms with van der Waals surface area (Å²) in [4.78, 5) is 0. The van der Waals surface area contributed by atoms with Crippen LogP contribution < -0.4 is 5.73 Å². The molecule has 2 N–H and O–H groups in total. The number of aryl methyl sites for hydroxylation is 1. The highest BCUT2D eigenvalue weighted by atomic mass is 16.5. The molecule has 3 nitrogen and oxygen atoms in total. The maximum Gasteiger partial charge on any atom is 0.147 e. The van der Waals surface area contributed by atoms with E-state index >= 15 is 0 Å². The van der Waals surface area contributed by atoms with Crippen molar-refractivity contribution >= 4 is 0 Å². The molecule has 0 bridgehead atoms. The van der Waals surface area contributed by atoms with Crippen LogP contribution >= 0.6 is 0 Å². The summed E-state index contributed by atoms with van der Waals surface area (Å²) in [6.45, 7) is 4.83. The normalized spacial score (nSPS) is 16.8. The van der Waals surface area contributed by atoms with Crippen LogP contribution in [0.15, 0.2) is 4.52 Å². The van der Waals surface area contributed by atoms with E-state index < -0.39 is 0 Å². The van der Waals surface area contributed by atoms with Crippen molar-refractivity contribution in [2.75, 3.05) is 6.54 Å².